The van der Waals surface area contributed by atoms with Crippen LogP contribution in [0.4, 0.5) is 11.4 Å². The number of carbonyl (C=O) groups excluding carboxylic acids is 2. The maximum atomic E-state index is 13.0. The number of para-hydroxylation sites is 2. The first kappa shape index (κ1) is 17.5. The van der Waals surface area contributed by atoms with Crippen molar-refractivity contribution in [3.63, 3.8) is 0 Å². The van der Waals surface area contributed by atoms with Crippen molar-refractivity contribution in [2.75, 3.05) is 12.0 Å². The van der Waals surface area contributed by atoms with Crippen molar-refractivity contribution >= 4 is 29.0 Å². The Balaban J connectivity index is 1.66. The summed E-state index contributed by atoms with van der Waals surface area (Å²) in [6.07, 6.45) is 0. The van der Waals surface area contributed by atoms with Gasteiger partial charge in [0.1, 0.15) is 5.75 Å². The van der Waals surface area contributed by atoms with E-state index >= 15 is 0 Å². The minimum Gasteiger partial charge on any atom is -0.497 e. The number of benzene rings is 3. The fourth-order valence-corrected chi connectivity index (χ4v) is 3.01. The van der Waals surface area contributed by atoms with Gasteiger partial charge in [-0.1, -0.05) is 47.6 Å². The molecule has 1 amide bonds. The zero-order valence-electron chi connectivity index (χ0n) is 15.0. The number of carbonyl (C=O) groups is 2. The first-order valence-electron chi connectivity index (χ1n) is 8.61. The van der Waals surface area contributed by atoms with Crippen LogP contribution in [0.2, 0.25) is 0 Å². The molecule has 1 aliphatic rings. The Morgan fingerprint density at radius 3 is 2.46 bits per heavy atom. The van der Waals surface area contributed by atoms with Crippen LogP contribution in [0.3, 0.4) is 0 Å². The Labute approximate surface area is 161 Å². The van der Waals surface area contributed by atoms with Crippen LogP contribution in [0.25, 0.3) is 0 Å². The number of hydrogen-bond acceptors (Lipinski definition) is 5. The van der Waals surface area contributed by atoms with E-state index in [9.17, 15) is 9.59 Å². The number of fused-ring (bicyclic) bond motifs is 1. The van der Waals surface area contributed by atoms with Gasteiger partial charge in [-0.3, -0.25) is 9.69 Å². The van der Waals surface area contributed by atoms with Gasteiger partial charge in [0, 0.05) is 11.3 Å². The molecule has 0 aliphatic carbocycles. The van der Waals surface area contributed by atoms with Crippen molar-refractivity contribution in [3.8, 4) is 5.75 Å². The van der Waals surface area contributed by atoms with Gasteiger partial charge in [-0.2, -0.15) is 0 Å². The molecule has 0 fully saturated rings. The zero-order chi connectivity index (χ0) is 19.5. The van der Waals surface area contributed by atoms with E-state index in [0.29, 0.717) is 22.7 Å². The molecule has 6 heteroatoms. The highest BCUT2D eigenvalue weighted by molar-refractivity contribution is 6.55. The van der Waals surface area contributed by atoms with Crippen LogP contribution in [-0.2, 0) is 9.63 Å². The van der Waals surface area contributed by atoms with E-state index in [4.69, 9.17) is 9.57 Å². The maximum absolute atomic E-state index is 13.0. The van der Waals surface area contributed by atoms with E-state index in [-0.39, 0.29) is 17.2 Å². The Hall–Kier alpha value is -3.93. The summed E-state index contributed by atoms with van der Waals surface area (Å²) in [4.78, 5) is 31.9. The molecule has 3 aromatic carbocycles. The first-order valence-corrected chi connectivity index (χ1v) is 8.61. The molecule has 0 bridgehead atoms. The molecule has 0 saturated carbocycles. The van der Waals surface area contributed by atoms with Crippen LogP contribution >= 0.6 is 0 Å². The van der Waals surface area contributed by atoms with Gasteiger partial charge in [0.05, 0.1) is 18.4 Å². The van der Waals surface area contributed by atoms with Gasteiger partial charge in [-0.15, -0.1) is 0 Å². The lowest BCUT2D eigenvalue weighted by molar-refractivity contribution is -0.111. The molecule has 6 nitrogen and oxygen atoms in total. The zero-order valence-corrected chi connectivity index (χ0v) is 15.0. The first-order chi connectivity index (χ1) is 13.7. The highest BCUT2D eigenvalue weighted by Gasteiger charge is 2.35. The summed E-state index contributed by atoms with van der Waals surface area (Å²) in [7, 11) is 1.51. The molecular formula is C22H16N2O4. The van der Waals surface area contributed by atoms with Gasteiger partial charge < -0.3 is 9.57 Å². The van der Waals surface area contributed by atoms with Crippen LogP contribution in [-0.4, -0.2) is 24.7 Å². The third kappa shape index (κ3) is 3.12. The van der Waals surface area contributed by atoms with E-state index in [2.05, 4.69) is 5.16 Å². The Morgan fingerprint density at radius 1 is 0.929 bits per heavy atom. The van der Waals surface area contributed by atoms with Gasteiger partial charge in [-0.05, 0) is 36.4 Å². The molecule has 1 aliphatic heterocycles. The summed E-state index contributed by atoms with van der Waals surface area (Å²) in [6.45, 7) is 0. The van der Waals surface area contributed by atoms with Crippen LogP contribution in [0.1, 0.15) is 15.9 Å². The molecule has 4 rings (SSSR count). The monoisotopic (exact) mass is 372 g/mol. The minimum absolute atomic E-state index is 0.0794. The largest absolute Gasteiger partial charge is 0.497 e. The number of oxime groups is 1. The summed E-state index contributed by atoms with van der Waals surface area (Å²) in [5, 5.41) is 3.89. The van der Waals surface area contributed by atoms with Crippen LogP contribution < -0.4 is 9.64 Å². The third-order valence-corrected chi connectivity index (χ3v) is 4.35. The second kappa shape index (κ2) is 7.36. The summed E-state index contributed by atoms with van der Waals surface area (Å²) in [5.74, 6) is -0.500. The molecule has 1 heterocycles. The number of amides is 1. The minimum atomic E-state index is -0.671. The molecule has 28 heavy (non-hydrogen) atoms. The summed E-state index contributed by atoms with van der Waals surface area (Å²) in [6, 6.07) is 23.0. The number of nitrogens with zero attached hydrogens (tertiary/aromatic N) is 2. The van der Waals surface area contributed by atoms with Crippen LogP contribution in [0.5, 0.6) is 5.75 Å². The third-order valence-electron chi connectivity index (χ3n) is 4.35. The van der Waals surface area contributed by atoms with E-state index in [0.717, 1.165) is 0 Å². The highest BCUT2D eigenvalue weighted by atomic mass is 16.7. The SMILES string of the molecule is COc1cccc(C(=O)ON=C2C(=O)N(c3ccccc3)c3ccccc32)c1. The highest BCUT2D eigenvalue weighted by Crippen LogP contribution is 2.35. The molecule has 3 aromatic rings. The Morgan fingerprint density at radius 2 is 1.68 bits per heavy atom. The fraction of sp³-hybridized carbons (Fsp3) is 0.0455. The van der Waals surface area contributed by atoms with Crippen LogP contribution in [0, 0.1) is 0 Å². The van der Waals surface area contributed by atoms with E-state index < -0.39 is 5.97 Å². The molecule has 0 unspecified atom stereocenters. The van der Waals surface area contributed by atoms with E-state index in [1.165, 1.54) is 7.11 Å². The number of hydrogen-bond donors (Lipinski definition) is 0. The van der Waals surface area contributed by atoms with Crippen molar-refractivity contribution in [3.05, 3.63) is 90.0 Å². The van der Waals surface area contributed by atoms with E-state index in [1.807, 2.05) is 42.5 Å². The Bertz CT molecular complexity index is 1080. The van der Waals surface area contributed by atoms with Crippen molar-refractivity contribution in [2.45, 2.75) is 0 Å². The van der Waals surface area contributed by atoms with Crippen molar-refractivity contribution < 1.29 is 19.2 Å². The molecule has 0 atom stereocenters. The predicted octanol–water partition coefficient (Wildman–Crippen LogP) is 3.93. The average Bonchev–Trinajstić information content (AvgIpc) is 3.03. The van der Waals surface area contributed by atoms with Crippen molar-refractivity contribution in [2.24, 2.45) is 5.16 Å². The molecule has 138 valence electrons. The maximum Gasteiger partial charge on any atom is 0.365 e. The quantitative estimate of drug-likeness (QED) is 0.514. The van der Waals surface area contributed by atoms with Gasteiger partial charge in [0.25, 0.3) is 5.91 Å². The predicted molar refractivity (Wildman–Crippen MR) is 105 cm³/mol. The number of anilines is 2. The smallest absolute Gasteiger partial charge is 0.365 e. The second-order valence-corrected chi connectivity index (χ2v) is 6.04. The molecule has 0 spiro atoms. The van der Waals surface area contributed by atoms with Gasteiger partial charge in [-0.25, -0.2) is 4.79 Å². The lowest BCUT2D eigenvalue weighted by Crippen LogP contribution is -2.25. The van der Waals surface area contributed by atoms with Crippen molar-refractivity contribution in [1.82, 2.24) is 0 Å². The van der Waals surface area contributed by atoms with Gasteiger partial charge in [0.15, 0.2) is 5.71 Å². The normalized spacial score (nSPS) is 14.1. The summed E-state index contributed by atoms with van der Waals surface area (Å²) in [5.41, 5.74) is 2.37. The summed E-state index contributed by atoms with van der Waals surface area (Å²) >= 11 is 0. The Kier molecular flexibility index (Phi) is 4.60. The fourth-order valence-electron chi connectivity index (χ4n) is 3.01. The molecule has 0 saturated heterocycles. The second-order valence-electron chi connectivity index (χ2n) is 6.04. The van der Waals surface area contributed by atoms with Crippen molar-refractivity contribution in [1.29, 1.82) is 0 Å². The molecule has 0 radical (unpaired) electrons. The summed E-state index contributed by atoms with van der Waals surface area (Å²) < 4.78 is 5.11. The number of methoxy groups -OCH3 is 1. The average molecular weight is 372 g/mol. The number of ether oxygens (including phenoxy) is 1. The lowest BCUT2D eigenvalue weighted by atomic mass is 10.1. The topological polar surface area (TPSA) is 68.2 Å². The molecular weight excluding hydrogens is 356 g/mol. The molecule has 0 N–H and O–H groups in total. The van der Waals surface area contributed by atoms with Crippen LogP contribution in [0.15, 0.2) is 84.0 Å². The van der Waals surface area contributed by atoms with Gasteiger partial charge >= 0.3 is 5.97 Å². The van der Waals surface area contributed by atoms with E-state index in [1.54, 1.807) is 41.3 Å². The standard InChI is InChI=1S/C22H16N2O4/c1-27-17-11-7-8-15(14-17)22(26)28-23-20-18-12-5-6-13-19(18)24(21(20)25)16-9-3-2-4-10-16/h2-14H,1H3. The lowest BCUT2D eigenvalue weighted by Gasteiger charge is -2.16. The molecule has 0 aromatic heterocycles. The number of rotatable bonds is 4. The van der Waals surface area contributed by atoms with Gasteiger partial charge in [0.2, 0.25) is 0 Å².